The topological polar surface area (TPSA) is 36.7 Å². The largest absolute Gasteiger partial charge is 0.243 e. The van der Waals surface area contributed by atoms with Gasteiger partial charge in [-0.05, 0) is 12.8 Å². The van der Waals surface area contributed by atoms with Gasteiger partial charge >= 0.3 is 0 Å². The summed E-state index contributed by atoms with van der Waals surface area (Å²) in [5, 5.41) is 11.2. The van der Waals surface area contributed by atoms with Crippen LogP contribution in [-0.2, 0) is 11.2 Å². The average Bonchev–Trinajstić information content (AvgIpc) is 2.81. The van der Waals surface area contributed by atoms with Crippen LogP contribution in [0.1, 0.15) is 68.5 Å². The van der Waals surface area contributed by atoms with Gasteiger partial charge in [-0.3, -0.25) is 0 Å². The second kappa shape index (κ2) is 6.28. The van der Waals surface area contributed by atoms with Gasteiger partial charge in [-0.1, -0.05) is 40.0 Å². The molecule has 0 aromatic carbocycles. The van der Waals surface area contributed by atoms with Gasteiger partial charge in [0, 0.05) is 16.4 Å². The molecule has 1 fully saturated rings. The van der Waals surface area contributed by atoms with E-state index in [4.69, 9.17) is 4.98 Å². The zero-order valence-corrected chi connectivity index (χ0v) is 13.7. The molecule has 0 spiro atoms. The summed E-state index contributed by atoms with van der Waals surface area (Å²) in [4.78, 5) is 5.51. The molecule has 0 bridgehead atoms. The SMILES string of the molecule is CC(C)(C)c1nc(CSC2CCCCC2)sc1C#N. The lowest BCUT2D eigenvalue weighted by Crippen LogP contribution is -2.13. The number of thioether (sulfide) groups is 1. The Kier molecular flexibility index (Phi) is 4.92. The van der Waals surface area contributed by atoms with Crippen molar-refractivity contribution in [1.82, 2.24) is 4.98 Å². The van der Waals surface area contributed by atoms with Gasteiger partial charge < -0.3 is 0 Å². The lowest BCUT2D eigenvalue weighted by molar-refractivity contribution is 0.516. The maximum atomic E-state index is 9.23. The van der Waals surface area contributed by atoms with Gasteiger partial charge in [-0.2, -0.15) is 17.0 Å². The highest BCUT2D eigenvalue weighted by Crippen LogP contribution is 2.34. The molecule has 1 aromatic heterocycles. The first kappa shape index (κ1) is 14.9. The van der Waals surface area contributed by atoms with E-state index in [1.807, 2.05) is 11.8 Å². The zero-order valence-electron chi connectivity index (χ0n) is 12.0. The highest BCUT2D eigenvalue weighted by Gasteiger charge is 2.23. The van der Waals surface area contributed by atoms with Crippen molar-refractivity contribution in [1.29, 1.82) is 5.26 Å². The zero-order chi connectivity index (χ0) is 13.9. The maximum Gasteiger partial charge on any atom is 0.128 e. The molecule has 4 heteroatoms. The van der Waals surface area contributed by atoms with Crippen LogP contribution < -0.4 is 0 Å². The van der Waals surface area contributed by atoms with Gasteiger partial charge in [0.15, 0.2) is 0 Å². The van der Waals surface area contributed by atoms with Crippen molar-refractivity contribution in [3.05, 3.63) is 15.6 Å². The molecule has 1 aliphatic rings. The highest BCUT2D eigenvalue weighted by molar-refractivity contribution is 7.99. The molecule has 104 valence electrons. The minimum Gasteiger partial charge on any atom is -0.243 e. The van der Waals surface area contributed by atoms with Crippen LogP contribution >= 0.6 is 23.1 Å². The van der Waals surface area contributed by atoms with Gasteiger partial charge in [-0.15, -0.1) is 11.3 Å². The van der Waals surface area contributed by atoms with Crippen LogP contribution in [0.5, 0.6) is 0 Å². The first-order chi connectivity index (χ1) is 9.00. The van der Waals surface area contributed by atoms with E-state index >= 15 is 0 Å². The second-order valence-corrected chi connectivity index (χ2v) is 8.59. The summed E-state index contributed by atoms with van der Waals surface area (Å²) in [6.45, 7) is 6.38. The maximum absolute atomic E-state index is 9.23. The molecule has 0 unspecified atom stereocenters. The lowest BCUT2D eigenvalue weighted by atomic mass is 9.91. The molecule has 0 atom stereocenters. The monoisotopic (exact) mass is 294 g/mol. The quantitative estimate of drug-likeness (QED) is 0.797. The van der Waals surface area contributed by atoms with Crippen LogP contribution in [0, 0.1) is 11.3 Å². The fourth-order valence-electron chi connectivity index (χ4n) is 2.43. The Labute approximate surface area is 124 Å². The Hall–Kier alpha value is -0.530. The standard InChI is InChI=1S/C15H22N2S2/c1-15(2,3)14-12(9-16)19-13(17-14)10-18-11-7-5-4-6-8-11/h11H,4-8,10H2,1-3H3. The third-order valence-electron chi connectivity index (χ3n) is 3.48. The van der Waals surface area contributed by atoms with Crippen LogP contribution in [0.2, 0.25) is 0 Å². The first-order valence-corrected chi connectivity index (χ1v) is 8.89. The molecule has 0 radical (unpaired) electrons. The third kappa shape index (κ3) is 3.97. The summed E-state index contributed by atoms with van der Waals surface area (Å²) in [6.07, 6.45) is 6.88. The summed E-state index contributed by atoms with van der Waals surface area (Å²) in [5.41, 5.74) is 0.939. The number of rotatable bonds is 3. The molecule has 1 aromatic rings. The van der Waals surface area contributed by atoms with E-state index in [2.05, 4.69) is 26.8 Å². The van der Waals surface area contributed by atoms with E-state index in [1.54, 1.807) is 11.3 Å². The fourth-order valence-corrected chi connectivity index (χ4v) is 4.85. The summed E-state index contributed by atoms with van der Waals surface area (Å²) < 4.78 is 0. The Morgan fingerprint density at radius 3 is 2.53 bits per heavy atom. The number of hydrogen-bond acceptors (Lipinski definition) is 4. The van der Waals surface area contributed by atoms with Crippen molar-refractivity contribution in [2.24, 2.45) is 0 Å². The van der Waals surface area contributed by atoms with Gasteiger partial charge in [0.25, 0.3) is 0 Å². The summed E-state index contributed by atoms with van der Waals surface area (Å²) in [5.74, 6) is 0.972. The second-order valence-electron chi connectivity index (χ2n) is 6.22. The molecule has 19 heavy (non-hydrogen) atoms. The summed E-state index contributed by atoms with van der Waals surface area (Å²) in [6, 6.07) is 2.31. The Morgan fingerprint density at radius 2 is 2.00 bits per heavy atom. The van der Waals surface area contributed by atoms with Crippen molar-refractivity contribution >= 4 is 23.1 Å². The van der Waals surface area contributed by atoms with Crippen LogP contribution in [0.15, 0.2) is 0 Å². The minimum absolute atomic E-state index is 0.0324. The van der Waals surface area contributed by atoms with Crippen molar-refractivity contribution in [2.75, 3.05) is 0 Å². The normalized spacial score (nSPS) is 17.4. The van der Waals surface area contributed by atoms with E-state index in [9.17, 15) is 5.26 Å². The average molecular weight is 294 g/mol. The number of aromatic nitrogens is 1. The van der Waals surface area contributed by atoms with Crippen LogP contribution in [-0.4, -0.2) is 10.2 Å². The van der Waals surface area contributed by atoms with Crippen LogP contribution in [0.25, 0.3) is 0 Å². The van der Waals surface area contributed by atoms with Crippen molar-refractivity contribution in [3.8, 4) is 6.07 Å². The molecule has 0 aliphatic heterocycles. The third-order valence-corrected chi connectivity index (χ3v) is 6.00. The fraction of sp³-hybridized carbons (Fsp3) is 0.733. The molecule has 1 heterocycles. The van der Waals surface area contributed by atoms with Crippen molar-refractivity contribution in [3.63, 3.8) is 0 Å². The van der Waals surface area contributed by atoms with Crippen LogP contribution in [0.3, 0.4) is 0 Å². The number of thiazole rings is 1. The van der Waals surface area contributed by atoms with Crippen molar-refractivity contribution in [2.45, 2.75) is 69.3 Å². The van der Waals surface area contributed by atoms with Crippen LogP contribution in [0.4, 0.5) is 0 Å². The van der Waals surface area contributed by atoms with E-state index in [-0.39, 0.29) is 5.41 Å². The molecule has 2 rings (SSSR count). The van der Waals surface area contributed by atoms with E-state index < -0.39 is 0 Å². The van der Waals surface area contributed by atoms with Crippen molar-refractivity contribution < 1.29 is 0 Å². The summed E-state index contributed by atoms with van der Waals surface area (Å²) >= 11 is 3.61. The molecular formula is C15H22N2S2. The Morgan fingerprint density at radius 1 is 1.32 bits per heavy atom. The van der Waals surface area contributed by atoms with Gasteiger partial charge in [0.2, 0.25) is 0 Å². The Balaban J connectivity index is 2.01. The number of nitriles is 1. The Bertz CT molecular complexity index is 459. The number of nitrogens with zero attached hydrogens (tertiary/aromatic N) is 2. The van der Waals surface area contributed by atoms with Gasteiger partial charge in [0.1, 0.15) is 16.0 Å². The molecule has 1 aliphatic carbocycles. The molecule has 0 amide bonds. The molecule has 0 N–H and O–H groups in total. The molecule has 1 saturated carbocycles. The predicted molar refractivity (Wildman–Crippen MR) is 83.7 cm³/mol. The predicted octanol–water partition coefficient (Wildman–Crippen LogP) is 4.88. The summed E-state index contributed by atoms with van der Waals surface area (Å²) in [7, 11) is 0. The molecule has 0 saturated heterocycles. The number of hydrogen-bond donors (Lipinski definition) is 0. The van der Waals surface area contributed by atoms with Gasteiger partial charge in [0.05, 0.1) is 5.69 Å². The first-order valence-electron chi connectivity index (χ1n) is 7.02. The van der Waals surface area contributed by atoms with Gasteiger partial charge in [-0.25, -0.2) is 4.98 Å². The minimum atomic E-state index is -0.0324. The molecule has 2 nitrogen and oxygen atoms in total. The van der Waals surface area contributed by atoms with E-state index in [1.165, 1.54) is 32.1 Å². The van der Waals surface area contributed by atoms with E-state index in [0.717, 1.165) is 26.6 Å². The molecular weight excluding hydrogens is 272 g/mol. The highest BCUT2D eigenvalue weighted by atomic mass is 32.2. The smallest absolute Gasteiger partial charge is 0.128 e. The lowest BCUT2D eigenvalue weighted by Gasteiger charge is -2.20. The van der Waals surface area contributed by atoms with E-state index in [0.29, 0.717) is 0 Å².